The number of nitro benzene ring substituents is 1. The van der Waals surface area contributed by atoms with Crippen molar-refractivity contribution in [3.63, 3.8) is 0 Å². The first kappa shape index (κ1) is 19.5. The number of halogens is 1. The van der Waals surface area contributed by atoms with E-state index >= 15 is 0 Å². The van der Waals surface area contributed by atoms with Gasteiger partial charge in [0.25, 0.3) is 5.69 Å². The molecular formula is C19H19ClN6O2. The predicted molar refractivity (Wildman–Crippen MR) is 110 cm³/mol. The van der Waals surface area contributed by atoms with Crippen LogP contribution in [0, 0.1) is 10.1 Å². The predicted octanol–water partition coefficient (Wildman–Crippen LogP) is 5.05. The van der Waals surface area contributed by atoms with Crippen LogP contribution < -0.4 is 10.6 Å². The quantitative estimate of drug-likeness (QED) is 0.457. The summed E-state index contributed by atoms with van der Waals surface area (Å²) < 4.78 is 0. The van der Waals surface area contributed by atoms with E-state index in [2.05, 4.69) is 25.6 Å². The van der Waals surface area contributed by atoms with Gasteiger partial charge >= 0.3 is 0 Å². The highest BCUT2D eigenvalue weighted by Gasteiger charge is 2.17. The second-order valence-electron chi connectivity index (χ2n) is 7.12. The van der Waals surface area contributed by atoms with Crippen LogP contribution in [0.2, 0.25) is 5.02 Å². The molecule has 28 heavy (non-hydrogen) atoms. The maximum Gasteiger partial charge on any atom is 0.292 e. The van der Waals surface area contributed by atoms with Gasteiger partial charge in [0.05, 0.1) is 10.6 Å². The van der Waals surface area contributed by atoms with Gasteiger partial charge in [-0.15, -0.1) is 0 Å². The number of nitro groups is 1. The Morgan fingerprint density at radius 3 is 2.43 bits per heavy atom. The minimum absolute atomic E-state index is 0.0983. The van der Waals surface area contributed by atoms with Gasteiger partial charge in [0.15, 0.2) is 0 Å². The molecule has 144 valence electrons. The number of rotatable bonds is 5. The molecule has 3 aromatic rings. The maximum absolute atomic E-state index is 11.3. The van der Waals surface area contributed by atoms with Crippen LogP contribution in [-0.4, -0.2) is 25.4 Å². The SMILES string of the molecule is CC(C)(C)Nc1nc(Nc2cc(Cl)ccc2[N+](=O)[O-])cc(-c2ccncc2)n1. The molecule has 0 atom stereocenters. The first-order valence-electron chi connectivity index (χ1n) is 8.50. The van der Waals surface area contributed by atoms with E-state index in [1.54, 1.807) is 18.5 Å². The fraction of sp³-hybridized carbons (Fsp3) is 0.211. The summed E-state index contributed by atoms with van der Waals surface area (Å²) in [7, 11) is 0. The third kappa shape index (κ3) is 4.92. The van der Waals surface area contributed by atoms with Crippen molar-refractivity contribution in [2.24, 2.45) is 0 Å². The van der Waals surface area contributed by atoms with Gasteiger partial charge < -0.3 is 10.6 Å². The van der Waals surface area contributed by atoms with Crippen molar-refractivity contribution >= 4 is 34.7 Å². The second-order valence-corrected chi connectivity index (χ2v) is 7.55. The first-order chi connectivity index (χ1) is 13.2. The van der Waals surface area contributed by atoms with Crippen molar-refractivity contribution in [1.29, 1.82) is 0 Å². The lowest BCUT2D eigenvalue weighted by molar-refractivity contribution is -0.383. The fourth-order valence-electron chi connectivity index (χ4n) is 2.48. The van der Waals surface area contributed by atoms with Gasteiger partial charge in [0.1, 0.15) is 11.5 Å². The molecule has 0 saturated heterocycles. The van der Waals surface area contributed by atoms with Crippen molar-refractivity contribution in [1.82, 2.24) is 15.0 Å². The number of benzene rings is 1. The highest BCUT2D eigenvalue weighted by Crippen LogP contribution is 2.31. The smallest absolute Gasteiger partial charge is 0.292 e. The Morgan fingerprint density at radius 1 is 1.07 bits per heavy atom. The molecular weight excluding hydrogens is 380 g/mol. The third-order valence-electron chi connectivity index (χ3n) is 3.61. The van der Waals surface area contributed by atoms with E-state index in [0.717, 1.165) is 5.56 Å². The largest absolute Gasteiger partial charge is 0.350 e. The zero-order chi connectivity index (χ0) is 20.3. The Hall–Kier alpha value is -3.26. The monoisotopic (exact) mass is 398 g/mol. The minimum atomic E-state index is -0.474. The minimum Gasteiger partial charge on any atom is -0.350 e. The molecule has 0 bridgehead atoms. The fourth-order valence-corrected chi connectivity index (χ4v) is 2.65. The summed E-state index contributed by atoms with van der Waals surface area (Å²) in [6.07, 6.45) is 3.34. The standard InChI is InChI=1S/C19H19ClN6O2/c1-19(2,3)25-18-23-14(12-6-8-21-9-7-12)11-17(24-18)22-15-10-13(20)4-5-16(15)26(27)28/h4-11H,1-3H3,(H2,22,23,24,25). The molecule has 2 N–H and O–H groups in total. The van der Waals surface area contributed by atoms with E-state index in [1.807, 2.05) is 32.9 Å². The molecule has 0 aliphatic heterocycles. The lowest BCUT2D eigenvalue weighted by Crippen LogP contribution is -2.27. The van der Waals surface area contributed by atoms with Crippen LogP contribution in [0.25, 0.3) is 11.3 Å². The summed E-state index contributed by atoms with van der Waals surface area (Å²) in [6.45, 7) is 5.97. The second kappa shape index (κ2) is 7.77. The van der Waals surface area contributed by atoms with Crippen LogP contribution in [0.1, 0.15) is 20.8 Å². The summed E-state index contributed by atoms with van der Waals surface area (Å²) in [5, 5.41) is 17.9. The number of aromatic nitrogens is 3. The molecule has 0 fully saturated rings. The third-order valence-corrected chi connectivity index (χ3v) is 3.84. The Kier molecular flexibility index (Phi) is 5.41. The average molecular weight is 399 g/mol. The van der Waals surface area contributed by atoms with E-state index in [4.69, 9.17) is 11.6 Å². The van der Waals surface area contributed by atoms with E-state index in [-0.39, 0.29) is 16.9 Å². The summed E-state index contributed by atoms with van der Waals surface area (Å²) in [5.74, 6) is 0.799. The number of hydrogen-bond acceptors (Lipinski definition) is 7. The summed E-state index contributed by atoms with van der Waals surface area (Å²) >= 11 is 6.02. The van der Waals surface area contributed by atoms with E-state index in [0.29, 0.717) is 22.5 Å². The molecule has 0 aliphatic carbocycles. The van der Waals surface area contributed by atoms with Gasteiger partial charge in [-0.1, -0.05) is 11.6 Å². The van der Waals surface area contributed by atoms with Crippen LogP contribution in [0.5, 0.6) is 0 Å². The van der Waals surface area contributed by atoms with Gasteiger partial charge in [0.2, 0.25) is 5.95 Å². The number of hydrogen-bond donors (Lipinski definition) is 2. The summed E-state index contributed by atoms with van der Waals surface area (Å²) in [5.41, 5.74) is 1.38. The Balaban J connectivity index is 2.07. The van der Waals surface area contributed by atoms with Crippen molar-refractivity contribution in [3.8, 4) is 11.3 Å². The molecule has 3 rings (SSSR count). The van der Waals surface area contributed by atoms with Gasteiger partial charge in [-0.05, 0) is 45.0 Å². The molecule has 1 aromatic carbocycles. The highest BCUT2D eigenvalue weighted by molar-refractivity contribution is 6.31. The van der Waals surface area contributed by atoms with E-state index in [1.165, 1.54) is 18.2 Å². The van der Waals surface area contributed by atoms with Crippen molar-refractivity contribution in [2.45, 2.75) is 26.3 Å². The Labute approximate surface area is 167 Å². The first-order valence-corrected chi connectivity index (χ1v) is 8.88. The zero-order valence-electron chi connectivity index (χ0n) is 15.6. The Morgan fingerprint density at radius 2 is 1.79 bits per heavy atom. The van der Waals surface area contributed by atoms with Crippen LogP contribution >= 0.6 is 11.6 Å². The van der Waals surface area contributed by atoms with E-state index in [9.17, 15) is 10.1 Å². The van der Waals surface area contributed by atoms with Gasteiger partial charge in [-0.25, -0.2) is 4.98 Å². The van der Waals surface area contributed by atoms with Crippen LogP contribution in [-0.2, 0) is 0 Å². The molecule has 2 aromatic heterocycles. The normalized spacial score (nSPS) is 11.1. The average Bonchev–Trinajstić information content (AvgIpc) is 2.60. The highest BCUT2D eigenvalue weighted by atomic mass is 35.5. The maximum atomic E-state index is 11.3. The molecule has 0 unspecified atom stereocenters. The van der Waals surface area contributed by atoms with Crippen molar-refractivity contribution in [3.05, 3.63) is 63.9 Å². The van der Waals surface area contributed by atoms with Gasteiger partial charge in [0, 0.05) is 40.7 Å². The molecule has 8 nitrogen and oxygen atoms in total. The Bertz CT molecular complexity index is 1010. The number of pyridine rings is 1. The lowest BCUT2D eigenvalue weighted by Gasteiger charge is -2.21. The van der Waals surface area contributed by atoms with Gasteiger partial charge in [-0.2, -0.15) is 4.98 Å². The molecule has 0 aliphatic rings. The molecule has 0 saturated carbocycles. The van der Waals surface area contributed by atoms with Crippen LogP contribution in [0.3, 0.4) is 0 Å². The topological polar surface area (TPSA) is 106 Å². The summed E-state index contributed by atoms with van der Waals surface area (Å²) in [6, 6.07) is 9.69. The van der Waals surface area contributed by atoms with Crippen molar-refractivity contribution in [2.75, 3.05) is 10.6 Å². The molecule has 0 radical (unpaired) electrons. The number of anilines is 3. The summed E-state index contributed by atoms with van der Waals surface area (Å²) in [4.78, 5) is 23.9. The van der Waals surface area contributed by atoms with E-state index < -0.39 is 4.92 Å². The number of nitrogens with one attached hydrogen (secondary N) is 2. The molecule has 0 spiro atoms. The molecule has 0 amide bonds. The van der Waals surface area contributed by atoms with Crippen molar-refractivity contribution < 1.29 is 4.92 Å². The van der Waals surface area contributed by atoms with Crippen LogP contribution in [0.15, 0.2) is 48.8 Å². The zero-order valence-corrected chi connectivity index (χ0v) is 16.4. The lowest BCUT2D eigenvalue weighted by atomic mass is 10.1. The molecule has 9 heteroatoms. The van der Waals surface area contributed by atoms with Crippen LogP contribution in [0.4, 0.5) is 23.1 Å². The number of nitrogens with zero attached hydrogens (tertiary/aromatic N) is 4. The molecule has 2 heterocycles. The van der Waals surface area contributed by atoms with Gasteiger partial charge in [-0.3, -0.25) is 15.1 Å².